The maximum atomic E-state index is 13.6. The minimum absolute atomic E-state index is 0.339. The monoisotopic (exact) mass is 762 g/mol. The highest BCUT2D eigenvalue weighted by Gasteiger charge is 2.38. The van der Waals surface area contributed by atoms with E-state index in [1.54, 1.807) is 87.0 Å². The van der Waals surface area contributed by atoms with E-state index >= 15 is 0 Å². The average molecular weight is 763 g/mol. The molecule has 0 atom stereocenters. The molecule has 0 unspecified atom stereocenters. The third-order valence-electron chi connectivity index (χ3n) is 10.7. The van der Waals surface area contributed by atoms with Crippen molar-refractivity contribution < 1.29 is 28.7 Å². The molecule has 4 amide bonds. The molecule has 0 saturated heterocycles. The number of carbonyl (C=O) groups excluding carboxylic acids is 4. The van der Waals surface area contributed by atoms with Crippen LogP contribution in [0.3, 0.4) is 0 Å². The molecule has 282 valence electrons. The number of benzene rings is 7. The molecule has 0 radical (unpaired) electrons. The highest BCUT2D eigenvalue weighted by atomic mass is 16.5. The van der Waals surface area contributed by atoms with Gasteiger partial charge in [0, 0.05) is 22.5 Å². The van der Waals surface area contributed by atoms with Gasteiger partial charge < -0.3 is 20.9 Å². The zero-order valence-corrected chi connectivity index (χ0v) is 31.4. The number of hydrogen-bond donors (Lipinski definition) is 2. The van der Waals surface area contributed by atoms with Gasteiger partial charge in [-0.25, -0.2) is 9.80 Å². The summed E-state index contributed by atoms with van der Waals surface area (Å²) in [5.41, 5.74) is 21.6. The van der Waals surface area contributed by atoms with E-state index in [0.29, 0.717) is 56.5 Å². The van der Waals surface area contributed by atoms with Crippen LogP contribution in [0.4, 0.5) is 22.7 Å². The number of fused-ring (bicyclic) bond motifs is 2. The summed E-state index contributed by atoms with van der Waals surface area (Å²) in [4.78, 5) is 56.6. The zero-order chi connectivity index (χ0) is 40.2. The van der Waals surface area contributed by atoms with Gasteiger partial charge in [-0.2, -0.15) is 0 Å². The second-order valence-corrected chi connectivity index (χ2v) is 14.0. The Labute approximate surface area is 333 Å². The Bertz CT molecular complexity index is 2640. The van der Waals surface area contributed by atoms with E-state index in [2.05, 4.69) is 0 Å². The number of hydrogen-bond acceptors (Lipinski definition) is 8. The second-order valence-electron chi connectivity index (χ2n) is 14.0. The Kier molecular flexibility index (Phi) is 8.59. The molecule has 7 aromatic carbocycles. The SMILES string of the molecule is COc1cc(-c2ccc(N3C(=O)c4ccc(-c5ccc(N)cc5)cc4C3=O)cc2)c(OC)cc1-c1ccc(N2C(=O)c3ccc(-c4ccc(N)cc4)cc3C2=O)cc1. The summed E-state index contributed by atoms with van der Waals surface area (Å²) in [7, 11) is 3.15. The number of methoxy groups -OCH3 is 2. The number of anilines is 4. The van der Waals surface area contributed by atoms with Crippen LogP contribution in [-0.4, -0.2) is 37.8 Å². The predicted molar refractivity (Wildman–Crippen MR) is 225 cm³/mol. The molecule has 0 aromatic heterocycles. The van der Waals surface area contributed by atoms with Gasteiger partial charge in [0.1, 0.15) is 11.5 Å². The topological polar surface area (TPSA) is 145 Å². The summed E-state index contributed by atoms with van der Waals surface area (Å²) in [6.07, 6.45) is 0. The summed E-state index contributed by atoms with van der Waals surface area (Å²) in [5, 5.41) is 0. The number of nitrogens with zero attached hydrogens (tertiary/aromatic N) is 2. The Morgan fingerprint density at radius 1 is 0.345 bits per heavy atom. The minimum Gasteiger partial charge on any atom is -0.496 e. The first-order valence-corrected chi connectivity index (χ1v) is 18.4. The van der Waals surface area contributed by atoms with Gasteiger partial charge in [0.05, 0.1) is 47.8 Å². The van der Waals surface area contributed by atoms with Gasteiger partial charge in [0.2, 0.25) is 0 Å². The van der Waals surface area contributed by atoms with Crippen molar-refractivity contribution in [1.29, 1.82) is 0 Å². The minimum atomic E-state index is -0.397. The smallest absolute Gasteiger partial charge is 0.266 e. The normalized spacial score (nSPS) is 13.2. The maximum absolute atomic E-state index is 13.6. The molecule has 0 spiro atoms. The third kappa shape index (κ3) is 5.91. The first kappa shape index (κ1) is 35.7. The van der Waals surface area contributed by atoms with Crippen LogP contribution in [0.2, 0.25) is 0 Å². The Hall–Kier alpha value is -7.98. The van der Waals surface area contributed by atoms with Crippen LogP contribution in [-0.2, 0) is 0 Å². The molecule has 10 nitrogen and oxygen atoms in total. The van der Waals surface area contributed by atoms with Crippen molar-refractivity contribution in [3.8, 4) is 56.0 Å². The van der Waals surface area contributed by atoms with E-state index in [-0.39, 0.29) is 0 Å². The van der Waals surface area contributed by atoms with E-state index in [1.807, 2.05) is 72.8 Å². The molecule has 2 heterocycles. The van der Waals surface area contributed by atoms with Crippen LogP contribution in [0.5, 0.6) is 11.5 Å². The molecular formula is C48H34N4O6. The van der Waals surface area contributed by atoms with E-state index in [0.717, 1.165) is 44.5 Å². The van der Waals surface area contributed by atoms with Crippen LogP contribution in [0, 0.1) is 0 Å². The van der Waals surface area contributed by atoms with Gasteiger partial charge in [-0.15, -0.1) is 0 Å². The van der Waals surface area contributed by atoms with Crippen LogP contribution >= 0.6 is 0 Å². The number of nitrogens with two attached hydrogens (primary N) is 2. The molecular weight excluding hydrogens is 729 g/mol. The second kappa shape index (κ2) is 13.9. The summed E-state index contributed by atoms with van der Waals surface area (Å²) in [5.74, 6) is -0.464. The van der Waals surface area contributed by atoms with Crippen LogP contribution in [0.15, 0.2) is 146 Å². The van der Waals surface area contributed by atoms with Crippen LogP contribution in [0.1, 0.15) is 41.4 Å². The summed E-state index contributed by atoms with van der Waals surface area (Å²) in [6, 6.07) is 43.1. The number of carbonyl (C=O) groups is 4. The first-order chi connectivity index (χ1) is 28.1. The molecule has 58 heavy (non-hydrogen) atoms. The highest BCUT2D eigenvalue weighted by Crippen LogP contribution is 2.43. The lowest BCUT2D eigenvalue weighted by molar-refractivity contribution is 0.0910. The number of amides is 4. The lowest BCUT2D eigenvalue weighted by Crippen LogP contribution is -2.29. The predicted octanol–water partition coefficient (Wildman–Crippen LogP) is 9.14. The van der Waals surface area contributed by atoms with E-state index in [4.69, 9.17) is 20.9 Å². The number of ether oxygens (including phenoxy) is 2. The van der Waals surface area contributed by atoms with E-state index < -0.39 is 23.6 Å². The van der Waals surface area contributed by atoms with Gasteiger partial charge in [-0.05, 0) is 118 Å². The molecule has 9 rings (SSSR count). The fraction of sp³-hybridized carbons (Fsp3) is 0.0417. The number of imide groups is 2. The van der Waals surface area contributed by atoms with Crippen LogP contribution < -0.4 is 30.7 Å². The maximum Gasteiger partial charge on any atom is 0.266 e. The molecule has 0 aliphatic carbocycles. The standard InChI is InChI=1S/C48H34N4O6/c1-57-43-25-40(30-9-19-36(20-10-30)52-46(54)38-22-12-32(24-42(38)48(52)56)28-5-15-34(50)16-6-28)44(58-2)26-39(43)29-7-17-35(18-8-29)51-45(53)37-21-11-31(23-41(37)47(51)55)27-3-13-33(49)14-4-27/h3-26H,49-50H2,1-2H3. The van der Waals surface area contributed by atoms with Gasteiger partial charge in [-0.3, -0.25) is 19.2 Å². The molecule has 0 fully saturated rings. The van der Waals surface area contributed by atoms with Crippen molar-refractivity contribution in [3.63, 3.8) is 0 Å². The lowest BCUT2D eigenvalue weighted by atomic mass is 9.97. The van der Waals surface area contributed by atoms with E-state index in [1.165, 1.54) is 9.80 Å². The van der Waals surface area contributed by atoms with Crippen molar-refractivity contribution in [2.45, 2.75) is 0 Å². The largest absolute Gasteiger partial charge is 0.496 e. The number of rotatable bonds is 8. The molecule has 10 heteroatoms. The summed E-state index contributed by atoms with van der Waals surface area (Å²) < 4.78 is 11.7. The fourth-order valence-electron chi connectivity index (χ4n) is 7.59. The summed E-state index contributed by atoms with van der Waals surface area (Å²) in [6.45, 7) is 0. The Morgan fingerprint density at radius 2 is 0.655 bits per heavy atom. The zero-order valence-electron chi connectivity index (χ0n) is 31.4. The van der Waals surface area contributed by atoms with E-state index in [9.17, 15) is 19.2 Å². The Morgan fingerprint density at radius 3 is 1.00 bits per heavy atom. The molecule has 0 saturated carbocycles. The van der Waals surface area contributed by atoms with Crippen molar-refractivity contribution in [2.75, 3.05) is 35.5 Å². The van der Waals surface area contributed by atoms with Gasteiger partial charge in [0.25, 0.3) is 23.6 Å². The average Bonchev–Trinajstić information content (AvgIpc) is 3.66. The highest BCUT2D eigenvalue weighted by molar-refractivity contribution is 6.35. The van der Waals surface area contributed by atoms with Gasteiger partial charge >= 0.3 is 0 Å². The molecule has 2 aliphatic rings. The molecule has 0 bridgehead atoms. The lowest BCUT2D eigenvalue weighted by Gasteiger charge is -2.18. The molecule has 4 N–H and O–H groups in total. The van der Waals surface area contributed by atoms with Crippen molar-refractivity contribution in [3.05, 3.63) is 168 Å². The molecule has 2 aliphatic heterocycles. The third-order valence-corrected chi connectivity index (χ3v) is 10.7. The van der Waals surface area contributed by atoms with Crippen molar-refractivity contribution in [2.24, 2.45) is 0 Å². The van der Waals surface area contributed by atoms with Gasteiger partial charge in [0.15, 0.2) is 0 Å². The molecule has 7 aromatic rings. The van der Waals surface area contributed by atoms with Gasteiger partial charge in [-0.1, -0.05) is 60.7 Å². The van der Waals surface area contributed by atoms with Crippen molar-refractivity contribution in [1.82, 2.24) is 0 Å². The summed E-state index contributed by atoms with van der Waals surface area (Å²) >= 11 is 0. The fourth-order valence-corrected chi connectivity index (χ4v) is 7.59. The Balaban J connectivity index is 0.960. The number of nitrogen functional groups attached to an aromatic ring is 2. The van der Waals surface area contributed by atoms with Crippen molar-refractivity contribution >= 4 is 46.4 Å². The quantitative estimate of drug-likeness (QED) is 0.115. The first-order valence-electron chi connectivity index (χ1n) is 18.4. The van der Waals surface area contributed by atoms with Crippen LogP contribution in [0.25, 0.3) is 44.5 Å².